The number of nitrogens with one attached hydrogen (secondary N) is 1. The second kappa shape index (κ2) is 7.00. The molecule has 0 aliphatic heterocycles. The molecule has 1 heterocycles. The van der Waals surface area contributed by atoms with Gasteiger partial charge in [0.2, 0.25) is 5.95 Å². The zero-order valence-electron chi connectivity index (χ0n) is 13.9. The maximum Gasteiger partial charge on any atom is 0.222 e. The fourth-order valence-electron chi connectivity index (χ4n) is 2.46. The number of para-hydroxylation sites is 1. The fraction of sp³-hybridized carbons (Fsp3) is 0.158. The van der Waals surface area contributed by atoms with E-state index < -0.39 is 0 Å². The molecule has 2 aromatic carbocycles. The molecule has 0 bridgehead atoms. The van der Waals surface area contributed by atoms with Crippen molar-refractivity contribution in [3.8, 4) is 0 Å². The largest absolute Gasteiger partial charge is 0.369 e. The molecule has 24 heavy (non-hydrogen) atoms. The van der Waals surface area contributed by atoms with E-state index in [9.17, 15) is 0 Å². The Hall–Kier alpha value is -3.08. The highest BCUT2D eigenvalue weighted by atomic mass is 15.1. The lowest BCUT2D eigenvalue weighted by molar-refractivity contribution is 0.880. The molecule has 3 N–H and O–H groups in total. The van der Waals surface area contributed by atoms with E-state index in [4.69, 9.17) is 5.73 Å². The predicted molar refractivity (Wildman–Crippen MR) is 99.5 cm³/mol. The Morgan fingerprint density at radius 2 is 1.71 bits per heavy atom. The van der Waals surface area contributed by atoms with Gasteiger partial charge < -0.3 is 16.0 Å². The minimum absolute atomic E-state index is 0.267. The third-order valence-electron chi connectivity index (χ3n) is 3.72. The zero-order valence-corrected chi connectivity index (χ0v) is 13.9. The molecule has 3 aromatic rings. The van der Waals surface area contributed by atoms with Gasteiger partial charge in [0, 0.05) is 24.5 Å². The minimum atomic E-state index is 0.267. The number of hydrogen-bond donors (Lipinski definition) is 2. The molecule has 5 heteroatoms. The van der Waals surface area contributed by atoms with E-state index in [2.05, 4.69) is 51.4 Å². The van der Waals surface area contributed by atoms with Crippen LogP contribution in [0, 0.1) is 6.92 Å². The molecule has 0 unspecified atom stereocenters. The predicted octanol–water partition coefficient (Wildman–Crippen LogP) is 3.75. The summed E-state index contributed by atoms with van der Waals surface area (Å²) < 4.78 is 0. The highest BCUT2D eigenvalue weighted by Gasteiger charge is 2.07. The van der Waals surface area contributed by atoms with Crippen LogP contribution in [0.15, 0.2) is 60.7 Å². The van der Waals surface area contributed by atoms with E-state index in [-0.39, 0.29) is 5.95 Å². The molecule has 0 saturated carbocycles. The summed E-state index contributed by atoms with van der Waals surface area (Å²) in [5.41, 5.74) is 10.1. The lowest BCUT2D eigenvalue weighted by Gasteiger charge is -2.19. The molecule has 0 fully saturated rings. The molecule has 1 aromatic heterocycles. The van der Waals surface area contributed by atoms with Crippen molar-refractivity contribution in [3.05, 3.63) is 71.9 Å². The number of rotatable bonds is 5. The van der Waals surface area contributed by atoms with Crippen LogP contribution >= 0.6 is 0 Å². The van der Waals surface area contributed by atoms with Crippen LogP contribution in [0.5, 0.6) is 0 Å². The SMILES string of the molecule is Cc1ccc(Nc2cc(CN(C)c3ccccc3)nc(N)n2)cc1. The minimum Gasteiger partial charge on any atom is -0.369 e. The van der Waals surface area contributed by atoms with Gasteiger partial charge >= 0.3 is 0 Å². The van der Waals surface area contributed by atoms with Crippen LogP contribution < -0.4 is 16.0 Å². The molecular weight excluding hydrogens is 298 g/mol. The summed E-state index contributed by atoms with van der Waals surface area (Å²) in [7, 11) is 2.03. The summed E-state index contributed by atoms with van der Waals surface area (Å²) in [6, 6.07) is 20.2. The van der Waals surface area contributed by atoms with Crippen molar-refractivity contribution in [2.75, 3.05) is 23.0 Å². The highest BCUT2D eigenvalue weighted by Crippen LogP contribution is 2.19. The zero-order chi connectivity index (χ0) is 16.9. The molecule has 0 radical (unpaired) electrons. The summed E-state index contributed by atoms with van der Waals surface area (Å²) in [6.45, 7) is 2.71. The van der Waals surface area contributed by atoms with Crippen LogP contribution in [0.4, 0.5) is 23.1 Å². The lowest BCUT2D eigenvalue weighted by Crippen LogP contribution is -2.18. The van der Waals surface area contributed by atoms with E-state index in [0.717, 1.165) is 17.1 Å². The van der Waals surface area contributed by atoms with Gasteiger partial charge in [0.25, 0.3) is 0 Å². The first-order chi connectivity index (χ1) is 11.6. The summed E-state index contributed by atoms with van der Waals surface area (Å²) in [5.74, 6) is 0.964. The number of nitrogens with two attached hydrogens (primary N) is 1. The maximum atomic E-state index is 5.87. The Balaban J connectivity index is 1.77. The molecule has 5 nitrogen and oxygen atoms in total. The van der Waals surface area contributed by atoms with Gasteiger partial charge in [0.15, 0.2) is 0 Å². The number of nitrogen functional groups attached to an aromatic ring is 1. The van der Waals surface area contributed by atoms with Crippen molar-refractivity contribution in [2.45, 2.75) is 13.5 Å². The summed E-state index contributed by atoms with van der Waals surface area (Å²) in [6.07, 6.45) is 0. The number of aryl methyl sites for hydroxylation is 1. The highest BCUT2D eigenvalue weighted by molar-refractivity contribution is 5.58. The maximum absolute atomic E-state index is 5.87. The average molecular weight is 319 g/mol. The van der Waals surface area contributed by atoms with Crippen LogP contribution in [0.25, 0.3) is 0 Å². The van der Waals surface area contributed by atoms with Gasteiger partial charge in [-0.15, -0.1) is 0 Å². The van der Waals surface area contributed by atoms with E-state index in [0.29, 0.717) is 12.4 Å². The first-order valence-electron chi connectivity index (χ1n) is 7.83. The smallest absolute Gasteiger partial charge is 0.222 e. The lowest BCUT2D eigenvalue weighted by atomic mass is 10.2. The number of aromatic nitrogens is 2. The van der Waals surface area contributed by atoms with Crippen molar-refractivity contribution in [1.82, 2.24) is 9.97 Å². The third-order valence-corrected chi connectivity index (χ3v) is 3.72. The molecule has 3 rings (SSSR count). The van der Waals surface area contributed by atoms with Crippen LogP contribution in [0.2, 0.25) is 0 Å². The number of benzene rings is 2. The normalized spacial score (nSPS) is 10.4. The number of hydrogen-bond acceptors (Lipinski definition) is 5. The Labute approximate surface area is 142 Å². The molecule has 0 aliphatic carbocycles. The Bertz CT molecular complexity index is 800. The van der Waals surface area contributed by atoms with Crippen molar-refractivity contribution >= 4 is 23.1 Å². The van der Waals surface area contributed by atoms with Crippen LogP contribution in [-0.4, -0.2) is 17.0 Å². The Morgan fingerprint density at radius 1 is 1.00 bits per heavy atom. The van der Waals surface area contributed by atoms with Gasteiger partial charge in [-0.05, 0) is 31.2 Å². The van der Waals surface area contributed by atoms with E-state index in [1.165, 1.54) is 5.56 Å². The summed E-state index contributed by atoms with van der Waals surface area (Å²) in [4.78, 5) is 10.7. The number of nitrogens with zero attached hydrogens (tertiary/aromatic N) is 3. The van der Waals surface area contributed by atoms with Gasteiger partial charge in [-0.1, -0.05) is 35.9 Å². The second-order valence-corrected chi connectivity index (χ2v) is 5.79. The average Bonchev–Trinajstić information content (AvgIpc) is 2.57. The van der Waals surface area contributed by atoms with Crippen molar-refractivity contribution in [3.63, 3.8) is 0 Å². The van der Waals surface area contributed by atoms with Gasteiger partial charge in [0.1, 0.15) is 5.82 Å². The first kappa shape index (κ1) is 15.8. The van der Waals surface area contributed by atoms with Crippen molar-refractivity contribution in [1.29, 1.82) is 0 Å². The van der Waals surface area contributed by atoms with Gasteiger partial charge in [0.05, 0.1) is 12.2 Å². The standard InChI is InChI=1S/C19H21N5/c1-14-8-10-15(11-9-14)21-18-12-16(22-19(20)23-18)13-24(2)17-6-4-3-5-7-17/h3-12H,13H2,1-2H3,(H3,20,21,22,23). The Kier molecular flexibility index (Phi) is 4.61. The second-order valence-electron chi connectivity index (χ2n) is 5.79. The van der Waals surface area contributed by atoms with Crippen molar-refractivity contribution < 1.29 is 0 Å². The first-order valence-corrected chi connectivity index (χ1v) is 7.83. The molecule has 0 atom stereocenters. The monoisotopic (exact) mass is 319 g/mol. The van der Waals surface area contributed by atoms with Crippen LogP contribution in [-0.2, 0) is 6.54 Å². The van der Waals surface area contributed by atoms with Crippen LogP contribution in [0.1, 0.15) is 11.3 Å². The molecule has 0 aliphatic rings. The molecule has 0 spiro atoms. The van der Waals surface area contributed by atoms with Gasteiger partial charge in [-0.25, -0.2) is 4.98 Å². The number of anilines is 4. The third kappa shape index (κ3) is 4.01. The van der Waals surface area contributed by atoms with Crippen LogP contribution in [0.3, 0.4) is 0 Å². The summed E-state index contributed by atoms with van der Waals surface area (Å²) >= 11 is 0. The fourth-order valence-corrected chi connectivity index (χ4v) is 2.46. The molecule has 0 saturated heterocycles. The summed E-state index contributed by atoms with van der Waals surface area (Å²) in [5, 5.41) is 3.28. The quantitative estimate of drug-likeness (QED) is 0.750. The molecule has 122 valence electrons. The van der Waals surface area contributed by atoms with E-state index in [1.54, 1.807) is 0 Å². The molecular formula is C19H21N5. The van der Waals surface area contributed by atoms with Gasteiger partial charge in [-0.2, -0.15) is 4.98 Å². The van der Waals surface area contributed by atoms with E-state index in [1.807, 2.05) is 43.4 Å². The van der Waals surface area contributed by atoms with E-state index >= 15 is 0 Å². The van der Waals surface area contributed by atoms with Gasteiger partial charge in [-0.3, -0.25) is 0 Å². The molecule has 0 amide bonds. The van der Waals surface area contributed by atoms with Crippen molar-refractivity contribution in [2.24, 2.45) is 0 Å². The topological polar surface area (TPSA) is 67.1 Å². The Morgan fingerprint density at radius 3 is 2.42 bits per heavy atom.